The first-order valence-electron chi connectivity index (χ1n) is 6.55. The fourth-order valence-electron chi connectivity index (χ4n) is 2.17. The number of nitrogens with zero attached hydrogens (tertiary/aromatic N) is 3. The molecule has 0 spiro atoms. The Kier molecular flexibility index (Phi) is 4.48. The molecule has 0 bridgehead atoms. The molecule has 104 valence electrons. The van der Waals surface area contributed by atoms with Gasteiger partial charge < -0.3 is 10.1 Å². The molecule has 0 unspecified atom stereocenters. The van der Waals surface area contributed by atoms with Gasteiger partial charge in [0.2, 0.25) is 5.91 Å². The summed E-state index contributed by atoms with van der Waals surface area (Å²) in [4.78, 5) is 24.3. The smallest absolute Gasteiger partial charge is 0.329 e. The van der Waals surface area contributed by atoms with Crippen molar-refractivity contribution in [1.82, 2.24) is 15.0 Å². The highest BCUT2D eigenvalue weighted by molar-refractivity contribution is 5.91. The lowest BCUT2D eigenvalue weighted by Gasteiger charge is -2.07. The van der Waals surface area contributed by atoms with Crippen molar-refractivity contribution in [3.63, 3.8) is 0 Å². The predicted molar refractivity (Wildman–Crippen MR) is 67.2 cm³/mol. The summed E-state index contributed by atoms with van der Waals surface area (Å²) >= 11 is 0. The van der Waals surface area contributed by atoms with Crippen LogP contribution in [0.25, 0.3) is 0 Å². The molecule has 0 aromatic carbocycles. The average Bonchev–Trinajstić information content (AvgIpc) is 3.00. The Bertz CT molecular complexity index is 452. The molecule has 1 aliphatic carbocycles. The highest BCUT2D eigenvalue weighted by Gasteiger charge is 2.23. The molecule has 1 N–H and O–H groups in total. The first kappa shape index (κ1) is 13.5. The molecule has 0 aliphatic heterocycles. The van der Waals surface area contributed by atoms with Crippen LogP contribution >= 0.6 is 0 Å². The van der Waals surface area contributed by atoms with Gasteiger partial charge in [0, 0.05) is 5.92 Å². The van der Waals surface area contributed by atoms with E-state index in [-0.39, 0.29) is 18.4 Å². The first-order chi connectivity index (χ1) is 9.19. The van der Waals surface area contributed by atoms with Gasteiger partial charge in [-0.25, -0.2) is 4.79 Å². The van der Waals surface area contributed by atoms with Crippen LogP contribution in [0.4, 0.5) is 5.82 Å². The molecule has 0 radical (unpaired) electrons. The molecule has 1 saturated carbocycles. The van der Waals surface area contributed by atoms with Gasteiger partial charge in [-0.05, 0) is 19.8 Å². The van der Waals surface area contributed by atoms with E-state index in [2.05, 4.69) is 15.5 Å². The van der Waals surface area contributed by atoms with Crippen LogP contribution in [0.5, 0.6) is 0 Å². The van der Waals surface area contributed by atoms with Crippen molar-refractivity contribution in [2.24, 2.45) is 5.92 Å². The van der Waals surface area contributed by atoms with E-state index in [9.17, 15) is 9.59 Å². The topological polar surface area (TPSA) is 86.1 Å². The van der Waals surface area contributed by atoms with Gasteiger partial charge in [0.05, 0.1) is 12.8 Å². The van der Waals surface area contributed by atoms with E-state index in [1.165, 1.54) is 11.0 Å². The first-order valence-corrected chi connectivity index (χ1v) is 6.55. The number of hydrogen-bond donors (Lipinski definition) is 1. The fraction of sp³-hybridized carbons (Fsp3) is 0.667. The van der Waals surface area contributed by atoms with E-state index in [0.717, 1.165) is 25.7 Å². The number of ether oxygens (including phenoxy) is 1. The SMILES string of the molecule is CCOC(=O)Cn1ncc(NC(=O)C2CCCC2)n1. The van der Waals surface area contributed by atoms with Crippen LogP contribution in [0.2, 0.25) is 0 Å². The second-order valence-corrected chi connectivity index (χ2v) is 4.54. The maximum absolute atomic E-state index is 11.9. The van der Waals surface area contributed by atoms with Gasteiger partial charge in [-0.1, -0.05) is 12.8 Å². The zero-order chi connectivity index (χ0) is 13.7. The summed E-state index contributed by atoms with van der Waals surface area (Å²) in [7, 11) is 0. The van der Waals surface area contributed by atoms with Gasteiger partial charge in [0.1, 0.15) is 0 Å². The van der Waals surface area contributed by atoms with Crippen molar-refractivity contribution in [3.05, 3.63) is 6.20 Å². The minimum atomic E-state index is -0.397. The standard InChI is InChI=1S/C12H18N4O3/c1-2-19-11(17)8-16-13-7-10(15-16)14-12(18)9-5-3-4-6-9/h7,9H,2-6,8H2,1H3,(H,14,15,18). The fourth-order valence-corrected chi connectivity index (χ4v) is 2.17. The quantitative estimate of drug-likeness (QED) is 0.802. The van der Waals surface area contributed by atoms with Gasteiger partial charge in [-0.15, -0.1) is 5.10 Å². The summed E-state index contributed by atoms with van der Waals surface area (Å²) in [5, 5.41) is 10.6. The van der Waals surface area contributed by atoms with Gasteiger partial charge >= 0.3 is 5.97 Å². The molecule has 0 atom stereocenters. The van der Waals surface area contributed by atoms with E-state index in [1.807, 2.05) is 0 Å². The minimum absolute atomic E-state index is 0.0133. The van der Waals surface area contributed by atoms with Crippen molar-refractivity contribution < 1.29 is 14.3 Å². The number of carbonyl (C=O) groups excluding carboxylic acids is 2. The minimum Gasteiger partial charge on any atom is -0.465 e. The average molecular weight is 266 g/mol. The van der Waals surface area contributed by atoms with Gasteiger partial charge in [0.25, 0.3) is 0 Å². The lowest BCUT2D eigenvalue weighted by Crippen LogP contribution is -2.21. The molecule has 1 amide bonds. The van der Waals surface area contributed by atoms with E-state index < -0.39 is 5.97 Å². The Labute approximate surface area is 111 Å². The predicted octanol–water partition coefficient (Wildman–Crippen LogP) is 0.970. The Balaban J connectivity index is 1.86. The number of anilines is 1. The molecular formula is C12H18N4O3. The van der Waals surface area contributed by atoms with Crippen LogP contribution in [0, 0.1) is 5.92 Å². The molecule has 1 fully saturated rings. The van der Waals surface area contributed by atoms with Crippen molar-refractivity contribution in [1.29, 1.82) is 0 Å². The van der Waals surface area contributed by atoms with Gasteiger partial charge in [-0.2, -0.15) is 9.90 Å². The zero-order valence-electron chi connectivity index (χ0n) is 11.0. The molecular weight excluding hydrogens is 248 g/mol. The molecule has 1 aromatic heterocycles. The third kappa shape index (κ3) is 3.77. The van der Waals surface area contributed by atoms with E-state index in [4.69, 9.17) is 4.74 Å². The summed E-state index contributed by atoms with van der Waals surface area (Å²) in [5.41, 5.74) is 0. The molecule has 19 heavy (non-hydrogen) atoms. The highest BCUT2D eigenvalue weighted by Crippen LogP contribution is 2.25. The van der Waals surface area contributed by atoms with Crippen LogP contribution in [0.3, 0.4) is 0 Å². The third-order valence-corrected chi connectivity index (χ3v) is 3.09. The Morgan fingerprint density at radius 2 is 2.21 bits per heavy atom. The summed E-state index contributed by atoms with van der Waals surface area (Å²) in [6.07, 6.45) is 5.51. The lowest BCUT2D eigenvalue weighted by atomic mass is 10.1. The number of amides is 1. The van der Waals surface area contributed by atoms with E-state index in [0.29, 0.717) is 12.4 Å². The summed E-state index contributed by atoms with van der Waals surface area (Å²) in [5.74, 6) is 0.0452. The number of esters is 1. The second-order valence-electron chi connectivity index (χ2n) is 4.54. The van der Waals surface area contributed by atoms with Gasteiger partial charge in [-0.3, -0.25) is 4.79 Å². The number of hydrogen-bond acceptors (Lipinski definition) is 5. The highest BCUT2D eigenvalue weighted by atomic mass is 16.5. The molecule has 7 nitrogen and oxygen atoms in total. The van der Waals surface area contributed by atoms with Crippen molar-refractivity contribution >= 4 is 17.7 Å². The second kappa shape index (κ2) is 6.31. The Morgan fingerprint density at radius 3 is 2.89 bits per heavy atom. The van der Waals surface area contributed by atoms with Crippen molar-refractivity contribution in [2.75, 3.05) is 11.9 Å². The molecule has 1 aliphatic rings. The van der Waals surface area contributed by atoms with Crippen LogP contribution in [0.15, 0.2) is 6.20 Å². The molecule has 1 aromatic rings. The molecule has 1 heterocycles. The summed E-state index contributed by atoms with van der Waals surface area (Å²) in [6, 6.07) is 0. The normalized spacial score (nSPS) is 15.4. The molecule has 0 saturated heterocycles. The number of nitrogens with one attached hydrogen (secondary N) is 1. The monoisotopic (exact) mass is 266 g/mol. The molecule has 2 rings (SSSR count). The number of carbonyl (C=O) groups is 2. The van der Waals surface area contributed by atoms with Crippen LogP contribution in [-0.2, 0) is 20.9 Å². The summed E-state index contributed by atoms with van der Waals surface area (Å²) in [6.45, 7) is 2.01. The van der Waals surface area contributed by atoms with Crippen LogP contribution in [0.1, 0.15) is 32.6 Å². The Morgan fingerprint density at radius 1 is 1.47 bits per heavy atom. The number of rotatable bonds is 5. The number of aromatic nitrogens is 3. The molecule has 7 heteroatoms. The third-order valence-electron chi connectivity index (χ3n) is 3.09. The lowest BCUT2D eigenvalue weighted by molar-refractivity contribution is -0.144. The van der Waals surface area contributed by atoms with Crippen molar-refractivity contribution in [2.45, 2.75) is 39.2 Å². The van der Waals surface area contributed by atoms with E-state index in [1.54, 1.807) is 6.92 Å². The van der Waals surface area contributed by atoms with Crippen LogP contribution < -0.4 is 5.32 Å². The van der Waals surface area contributed by atoms with E-state index >= 15 is 0 Å². The van der Waals surface area contributed by atoms with Crippen LogP contribution in [-0.4, -0.2) is 33.5 Å². The zero-order valence-corrected chi connectivity index (χ0v) is 11.0. The van der Waals surface area contributed by atoms with Gasteiger partial charge in [0.15, 0.2) is 12.4 Å². The maximum atomic E-state index is 11.9. The Hall–Kier alpha value is -1.92. The summed E-state index contributed by atoms with van der Waals surface area (Å²) < 4.78 is 4.79. The maximum Gasteiger partial charge on any atom is 0.329 e. The van der Waals surface area contributed by atoms with Crippen molar-refractivity contribution in [3.8, 4) is 0 Å². The largest absolute Gasteiger partial charge is 0.465 e.